The minimum absolute atomic E-state index is 0.843. The van der Waals surface area contributed by atoms with Crippen LogP contribution in [0.2, 0.25) is 0 Å². The van der Waals surface area contributed by atoms with Gasteiger partial charge < -0.3 is 10.6 Å². The first-order chi connectivity index (χ1) is 7.24. The summed E-state index contributed by atoms with van der Waals surface area (Å²) in [6, 6.07) is 0.932. The molecule has 1 aliphatic rings. The average Bonchev–Trinajstić information content (AvgIpc) is 3.00. The van der Waals surface area contributed by atoms with Gasteiger partial charge in [0.2, 0.25) is 0 Å². The van der Waals surface area contributed by atoms with E-state index in [9.17, 15) is 0 Å². The normalized spacial score (nSPS) is 16.6. The molecule has 0 saturated heterocycles. The van der Waals surface area contributed by atoms with Crippen LogP contribution in [0.25, 0.3) is 0 Å². The molecular formula is C13H28N2. The zero-order valence-corrected chi connectivity index (χ0v) is 10.5. The predicted molar refractivity (Wildman–Crippen MR) is 67.0 cm³/mol. The van der Waals surface area contributed by atoms with Crippen LogP contribution in [0.3, 0.4) is 0 Å². The number of unbranched alkanes of at least 4 members (excludes halogenated alkanes) is 2. The summed E-state index contributed by atoms with van der Waals surface area (Å²) in [5.41, 5.74) is 5.50. The Morgan fingerprint density at radius 3 is 2.40 bits per heavy atom. The summed E-state index contributed by atoms with van der Waals surface area (Å²) in [5.74, 6) is 0.843. The van der Waals surface area contributed by atoms with Gasteiger partial charge in [-0.15, -0.1) is 0 Å². The van der Waals surface area contributed by atoms with Crippen LogP contribution >= 0.6 is 0 Å². The second kappa shape index (κ2) is 7.24. The number of hydrogen-bond acceptors (Lipinski definition) is 2. The third-order valence-electron chi connectivity index (χ3n) is 3.21. The van der Waals surface area contributed by atoms with Gasteiger partial charge in [-0.1, -0.05) is 20.3 Å². The monoisotopic (exact) mass is 212 g/mol. The SMILES string of the molecule is CC(C)CCN(CCCCCN)C1CC1. The quantitative estimate of drug-likeness (QED) is 0.595. The minimum atomic E-state index is 0.843. The van der Waals surface area contributed by atoms with Crippen LogP contribution < -0.4 is 5.73 Å². The Morgan fingerprint density at radius 2 is 1.87 bits per heavy atom. The molecule has 0 heterocycles. The molecule has 0 bridgehead atoms. The van der Waals surface area contributed by atoms with Crippen LogP contribution in [0.15, 0.2) is 0 Å². The number of rotatable bonds is 9. The molecule has 0 unspecified atom stereocenters. The van der Waals surface area contributed by atoms with E-state index in [-0.39, 0.29) is 0 Å². The fourth-order valence-corrected chi connectivity index (χ4v) is 1.98. The molecule has 0 spiro atoms. The van der Waals surface area contributed by atoms with Crippen LogP contribution in [0.5, 0.6) is 0 Å². The van der Waals surface area contributed by atoms with Gasteiger partial charge in [0.1, 0.15) is 0 Å². The van der Waals surface area contributed by atoms with E-state index in [0.29, 0.717) is 0 Å². The molecule has 1 fully saturated rings. The van der Waals surface area contributed by atoms with E-state index in [1.165, 1.54) is 51.6 Å². The number of nitrogens with two attached hydrogens (primary N) is 1. The van der Waals surface area contributed by atoms with Gasteiger partial charge in [0, 0.05) is 6.04 Å². The Bertz CT molecular complexity index is 153. The summed E-state index contributed by atoms with van der Waals surface area (Å²) in [5, 5.41) is 0. The Morgan fingerprint density at radius 1 is 1.13 bits per heavy atom. The fourth-order valence-electron chi connectivity index (χ4n) is 1.98. The lowest BCUT2D eigenvalue weighted by Gasteiger charge is -2.22. The number of hydrogen-bond donors (Lipinski definition) is 1. The molecule has 2 N–H and O–H groups in total. The summed E-state index contributed by atoms with van der Waals surface area (Å²) in [4.78, 5) is 2.70. The van der Waals surface area contributed by atoms with Crippen molar-refractivity contribution in [2.75, 3.05) is 19.6 Å². The smallest absolute Gasteiger partial charge is 0.00964 e. The van der Waals surface area contributed by atoms with Crippen LogP contribution in [-0.2, 0) is 0 Å². The Balaban J connectivity index is 2.07. The van der Waals surface area contributed by atoms with Crippen molar-refractivity contribution < 1.29 is 0 Å². The molecule has 0 aromatic rings. The zero-order chi connectivity index (χ0) is 11.1. The maximum atomic E-state index is 5.50. The van der Waals surface area contributed by atoms with E-state index in [4.69, 9.17) is 5.73 Å². The molecule has 90 valence electrons. The highest BCUT2D eigenvalue weighted by Gasteiger charge is 2.27. The molecule has 1 aliphatic carbocycles. The molecule has 1 saturated carbocycles. The zero-order valence-electron chi connectivity index (χ0n) is 10.5. The molecule has 0 aliphatic heterocycles. The highest BCUT2D eigenvalue weighted by molar-refractivity contribution is 4.84. The van der Waals surface area contributed by atoms with Gasteiger partial charge >= 0.3 is 0 Å². The van der Waals surface area contributed by atoms with Crippen molar-refractivity contribution in [1.29, 1.82) is 0 Å². The van der Waals surface area contributed by atoms with Crippen molar-refractivity contribution in [2.24, 2.45) is 11.7 Å². The lowest BCUT2D eigenvalue weighted by Crippen LogP contribution is -2.29. The topological polar surface area (TPSA) is 29.3 Å². The van der Waals surface area contributed by atoms with Crippen molar-refractivity contribution in [1.82, 2.24) is 4.90 Å². The van der Waals surface area contributed by atoms with Crippen LogP contribution in [0, 0.1) is 5.92 Å². The lowest BCUT2D eigenvalue weighted by molar-refractivity contribution is 0.242. The van der Waals surface area contributed by atoms with Crippen molar-refractivity contribution in [3.05, 3.63) is 0 Å². The third kappa shape index (κ3) is 6.16. The standard InChI is InChI=1S/C13H28N2/c1-12(2)8-11-15(13-6-7-13)10-5-3-4-9-14/h12-13H,3-11,14H2,1-2H3. The highest BCUT2D eigenvalue weighted by atomic mass is 15.2. The molecule has 0 amide bonds. The van der Waals surface area contributed by atoms with Crippen molar-refractivity contribution in [3.63, 3.8) is 0 Å². The van der Waals surface area contributed by atoms with E-state index >= 15 is 0 Å². The van der Waals surface area contributed by atoms with Gasteiger partial charge in [-0.2, -0.15) is 0 Å². The number of nitrogens with zero attached hydrogens (tertiary/aromatic N) is 1. The molecule has 1 rings (SSSR count). The van der Waals surface area contributed by atoms with Crippen molar-refractivity contribution in [3.8, 4) is 0 Å². The molecule has 0 atom stereocenters. The van der Waals surface area contributed by atoms with Gasteiger partial charge in [0.05, 0.1) is 0 Å². The van der Waals surface area contributed by atoms with E-state index in [2.05, 4.69) is 18.7 Å². The van der Waals surface area contributed by atoms with E-state index in [1.807, 2.05) is 0 Å². The lowest BCUT2D eigenvalue weighted by atomic mass is 10.1. The predicted octanol–water partition coefficient (Wildman–Crippen LogP) is 2.63. The maximum absolute atomic E-state index is 5.50. The highest BCUT2D eigenvalue weighted by Crippen LogP contribution is 2.27. The molecule has 0 aromatic carbocycles. The summed E-state index contributed by atoms with van der Waals surface area (Å²) >= 11 is 0. The largest absolute Gasteiger partial charge is 0.330 e. The van der Waals surface area contributed by atoms with Gasteiger partial charge in [0.25, 0.3) is 0 Å². The van der Waals surface area contributed by atoms with Gasteiger partial charge in [0.15, 0.2) is 0 Å². The molecule has 0 aromatic heterocycles. The van der Waals surface area contributed by atoms with E-state index in [0.717, 1.165) is 18.5 Å². The Labute approximate surface area is 95.2 Å². The van der Waals surface area contributed by atoms with Crippen LogP contribution in [-0.4, -0.2) is 30.6 Å². The van der Waals surface area contributed by atoms with E-state index < -0.39 is 0 Å². The maximum Gasteiger partial charge on any atom is 0.00964 e. The second-order valence-electron chi connectivity index (χ2n) is 5.30. The average molecular weight is 212 g/mol. The van der Waals surface area contributed by atoms with Gasteiger partial charge in [-0.3, -0.25) is 0 Å². The first kappa shape index (κ1) is 13.0. The summed E-state index contributed by atoms with van der Waals surface area (Å²) in [7, 11) is 0. The first-order valence-electron chi connectivity index (χ1n) is 6.68. The van der Waals surface area contributed by atoms with E-state index in [1.54, 1.807) is 0 Å². The fraction of sp³-hybridized carbons (Fsp3) is 1.00. The molecular weight excluding hydrogens is 184 g/mol. The minimum Gasteiger partial charge on any atom is -0.330 e. The van der Waals surface area contributed by atoms with Crippen molar-refractivity contribution in [2.45, 2.75) is 58.4 Å². The Hall–Kier alpha value is -0.0800. The van der Waals surface area contributed by atoms with Crippen LogP contribution in [0.4, 0.5) is 0 Å². The molecule has 2 nitrogen and oxygen atoms in total. The van der Waals surface area contributed by atoms with Gasteiger partial charge in [-0.25, -0.2) is 0 Å². The van der Waals surface area contributed by atoms with Crippen molar-refractivity contribution >= 4 is 0 Å². The van der Waals surface area contributed by atoms with Gasteiger partial charge in [-0.05, 0) is 57.7 Å². The molecule has 0 radical (unpaired) electrons. The molecule has 15 heavy (non-hydrogen) atoms. The third-order valence-corrected chi connectivity index (χ3v) is 3.21. The summed E-state index contributed by atoms with van der Waals surface area (Å²) < 4.78 is 0. The Kier molecular flexibility index (Phi) is 6.26. The summed E-state index contributed by atoms with van der Waals surface area (Å²) in [6.45, 7) is 8.11. The van der Waals surface area contributed by atoms with Crippen LogP contribution in [0.1, 0.15) is 52.4 Å². The molecule has 2 heteroatoms. The first-order valence-corrected chi connectivity index (χ1v) is 6.68. The summed E-state index contributed by atoms with van der Waals surface area (Å²) in [6.07, 6.45) is 8.08. The second-order valence-corrected chi connectivity index (χ2v) is 5.30.